The van der Waals surface area contributed by atoms with E-state index in [4.69, 9.17) is 23.2 Å². The van der Waals surface area contributed by atoms with Crippen LogP contribution in [0.5, 0.6) is 0 Å². The Morgan fingerprint density at radius 1 is 0.951 bits per heavy atom. The van der Waals surface area contributed by atoms with Gasteiger partial charge in [-0.25, -0.2) is 12.7 Å². The molecule has 7 nitrogen and oxygen atoms in total. The molecule has 3 rings (SSSR count). The lowest BCUT2D eigenvalue weighted by molar-refractivity contribution is -0.141. The molecule has 220 valence electrons. The minimum atomic E-state index is -3.69. The zero-order chi connectivity index (χ0) is 30.0. The smallest absolute Gasteiger partial charge is 0.243 e. The molecule has 0 unspecified atom stereocenters. The third-order valence-corrected chi connectivity index (χ3v) is 9.40. The maximum absolute atomic E-state index is 13.8. The van der Waals surface area contributed by atoms with Gasteiger partial charge in [0.25, 0.3) is 0 Å². The van der Waals surface area contributed by atoms with Crippen LogP contribution in [0.1, 0.15) is 44.2 Å². The Hall–Kier alpha value is -2.91. The van der Waals surface area contributed by atoms with Crippen molar-refractivity contribution in [1.29, 1.82) is 0 Å². The summed E-state index contributed by atoms with van der Waals surface area (Å²) in [7, 11) is -2.19. The van der Waals surface area contributed by atoms with Crippen molar-refractivity contribution in [2.75, 3.05) is 13.6 Å². The maximum atomic E-state index is 13.8. The van der Waals surface area contributed by atoms with E-state index in [1.807, 2.05) is 44.2 Å². The molecule has 2 atom stereocenters. The van der Waals surface area contributed by atoms with Crippen molar-refractivity contribution in [3.8, 4) is 0 Å². The number of nitrogens with one attached hydrogen (secondary N) is 1. The van der Waals surface area contributed by atoms with Crippen LogP contribution in [0, 0.1) is 0 Å². The van der Waals surface area contributed by atoms with Crippen LogP contribution in [0.25, 0.3) is 0 Å². The molecule has 0 fully saturated rings. The van der Waals surface area contributed by atoms with Crippen LogP contribution in [0.3, 0.4) is 0 Å². The minimum absolute atomic E-state index is 0.0434. The number of amides is 2. The molecule has 2 amide bonds. The van der Waals surface area contributed by atoms with Crippen molar-refractivity contribution >= 4 is 45.0 Å². The van der Waals surface area contributed by atoms with Crippen molar-refractivity contribution in [2.24, 2.45) is 0 Å². The molecule has 0 radical (unpaired) electrons. The number of carbonyl (C=O) groups is 2. The van der Waals surface area contributed by atoms with E-state index in [0.717, 1.165) is 12.0 Å². The van der Waals surface area contributed by atoms with E-state index in [2.05, 4.69) is 5.32 Å². The Morgan fingerprint density at radius 3 is 2.20 bits per heavy atom. The van der Waals surface area contributed by atoms with Gasteiger partial charge in [0, 0.05) is 49.1 Å². The van der Waals surface area contributed by atoms with Crippen LogP contribution in [-0.4, -0.2) is 55.1 Å². The van der Waals surface area contributed by atoms with Crippen LogP contribution >= 0.6 is 23.2 Å². The number of nitrogens with zero attached hydrogens (tertiary/aromatic N) is 2. The molecule has 0 saturated heterocycles. The number of carbonyl (C=O) groups excluding carboxylic acids is 2. The van der Waals surface area contributed by atoms with Crippen LogP contribution in [-0.2, 0) is 32.6 Å². The first kappa shape index (κ1) is 32.6. The topological polar surface area (TPSA) is 86.8 Å². The van der Waals surface area contributed by atoms with Gasteiger partial charge in [0.1, 0.15) is 6.04 Å². The van der Waals surface area contributed by atoms with Crippen molar-refractivity contribution in [3.63, 3.8) is 0 Å². The van der Waals surface area contributed by atoms with Gasteiger partial charge >= 0.3 is 0 Å². The average molecular weight is 619 g/mol. The van der Waals surface area contributed by atoms with Gasteiger partial charge in [-0.2, -0.15) is 0 Å². The molecule has 0 aromatic heterocycles. The molecular formula is C31H37Cl2N3O4S. The zero-order valence-electron chi connectivity index (χ0n) is 23.6. The molecule has 0 bridgehead atoms. The van der Waals surface area contributed by atoms with Gasteiger partial charge < -0.3 is 10.2 Å². The number of sulfonamides is 1. The Bertz CT molecular complexity index is 1410. The van der Waals surface area contributed by atoms with Crippen LogP contribution in [0.4, 0.5) is 0 Å². The molecule has 41 heavy (non-hydrogen) atoms. The Kier molecular flexibility index (Phi) is 12.2. The second-order valence-electron chi connectivity index (χ2n) is 10.0. The number of hydrogen-bond donors (Lipinski definition) is 1. The Balaban J connectivity index is 1.86. The molecule has 0 aliphatic carbocycles. The molecule has 0 aliphatic rings. The van der Waals surface area contributed by atoms with Crippen LogP contribution in [0.15, 0.2) is 83.8 Å². The quantitative estimate of drug-likeness (QED) is 0.242. The van der Waals surface area contributed by atoms with Gasteiger partial charge in [0.2, 0.25) is 21.8 Å². The molecule has 3 aromatic carbocycles. The van der Waals surface area contributed by atoms with Gasteiger partial charge in [0.15, 0.2) is 0 Å². The van der Waals surface area contributed by atoms with Gasteiger partial charge in [-0.05, 0) is 55.2 Å². The standard InChI is InChI=1S/C31H37Cl2N3O4S/c1-4-23(2)34-31(38)29(20-24-12-7-5-8-13-24)36(22-25-17-18-26(32)21-28(25)33)30(37)16-11-19-35(3)41(39,40)27-14-9-6-10-15-27/h5-10,12-15,17-18,21,23,29H,4,11,16,19-20,22H2,1-3H3,(H,34,38)/t23-,29-/m0/s1. The molecule has 10 heteroatoms. The number of benzene rings is 3. The van der Waals surface area contributed by atoms with E-state index < -0.39 is 16.1 Å². The summed E-state index contributed by atoms with van der Waals surface area (Å²) in [4.78, 5) is 29.2. The summed E-state index contributed by atoms with van der Waals surface area (Å²) < 4.78 is 27.1. The van der Waals surface area contributed by atoms with Crippen molar-refractivity contribution in [2.45, 2.75) is 63.1 Å². The number of rotatable bonds is 14. The predicted octanol–water partition coefficient (Wildman–Crippen LogP) is 5.95. The predicted molar refractivity (Wildman–Crippen MR) is 164 cm³/mol. The third kappa shape index (κ3) is 9.30. The first-order chi connectivity index (χ1) is 19.5. The molecule has 1 N–H and O–H groups in total. The number of halogens is 2. The van der Waals surface area contributed by atoms with Crippen molar-refractivity contribution in [3.05, 3.63) is 100 Å². The second kappa shape index (κ2) is 15.4. The maximum Gasteiger partial charge on any atom is 0.243 e. The highest BCUT2D eigenvalue weighted by atomic mass is 35.5. The van der Waals surface area contributed by atoms with Gasteiger partial charge in [0.05, 0.1) is 4.90 Å². The van der Waals surface area contributed by atoms with E-state index >= 15 is 0 Å². The zero-order valence-corrected chi connectivity index (χ0v) is 25.9. The summed E-state index contributed by atoms with van der Waals surface area (Å²) in [6.07, 6.45) is 1.37. The second-order valence-corrected chi connectivity index (χ2v) is 12.9. The molecule has 0 heterocycles. The summed E-state index contributed by atoms with van der Waals surface area (Å²) in [5, 5.41) is 3.89. The first-order valence-corrected chi connectivity index (χ1v) is 15.8. The molecular weight excluding hydrogens is 581 g/mol. The molecule has 0 aliphatic heterocycles. The largest absolute Gasteiger partial charge is 0.352 e. The summed E-state index contributed by atoms with van der Waals surface area (Å²) in [6, 6.07) is 21.9. The SMILES string of the molecule is CC[C@H](C)NC(=O)[C@H](Cc1ccccc1)N(Cc1ccc(Cl)cc1Cl)C(=O)CCCN(C)S(=O)(=O)c1ccccc1. The normalized spacial score (nSPS) is 13.0. The minimum Gasteiger partial charge on any atom is -0.352 e. The summed E-state index contributed by atoms with van der Waals surface area (Å²) in [6.45, 7) is 4.13. The molecule has 0 saturated carbocycles. The lowest BCUT2D eigenvalue weighted by atomic mass is 10.0. The van der Waals surface area contributed by atoms with Gasteiger partial charge in [-0.3, -0.25) is 9.59 Å². The first-order valence-electron chi connectivity index (χ1n) is 13.6. The third-order valence-electron chi connectivity index (χ3n) is 6.94. The number of hydrogen-bond acceptors (Lipinski definition) is 4. The summed E-state index contributed by atoms with van der Waals surface area (Å²) in [5.41, 5.74) is 1.56. The fourth-order valence-corrected chi connectivity index (χ4v) is 6.02. The Morgan fingerprint density at radius 2 is 1.59 bits per heavy atom. The monoisotopic (exact) mass is 617 g/mol. The lowest BCUT2D eigenvalue weighted by Crippen LogP contribution is -2.52. The van der Waals surface area contributed by atoms with E-state index in [0.29, 0.717) is 22.0 Å². The highest BCUT2D eigenvalue weighted by Gasteiger charge is 2.31. The average Bonchev–Trinajstić information content (AvgIpc) is 2.96. The summed E-state index contributed by atoms with van der Waals surface area (Å²) in [5.74, 6) is -0.535. The fourth-order valence-electron chi connectivity index (χ4n) is 4.32. The lowest BCUT2D eigenvalue weighted by Gasteiger charge is -2.33. The highest BCUT2D eigenvalue weighted by Crippen LogP contribution is 2.25. The van der Waals surface area contributed by atoms with E-state index in [-0.39, 0.29) is 48.7 Å². The van der Waals surface area contributed by atoms with Gasteiger partial charge in [-0.1, -0.05) is 84.7 Å². The molecule has 0 spiro atoms. The van der Waals surface area contributed by atoms with Crippen molar-refractivity contribution in [1.82, 2.24) is 14.5 Å². The molecule has 3 aromatic rings. The van der Waals surface area contributed by atoms with E-state index in [1.165, 1.54) is 11.4 Å². The van der Waals surface area contributed by atoms with E-state index in [1.54, 1.807) is 53.4 Å². The van der Waals surface area contributed by atoms with E-state index in [9.17, 15) is 18.0 Å². The van der Waals surface area contributed by atoms with Crippen LogP contribution < -0.4 is 5.32 Å². The summed E-state index contributed by atoms with van der Waals surface area (Å²) >= 11 is 12.6. The van der Waals surface area contributed by atoms with Crippen LogP contribution in [0.2, 0.25) is 10.0 Å². The fraction of sp³-hybridized carbons (Fsp3) is 0.355. The Labute approximate surface area is 253 Å². The highest BCUT2D eigenvalue weighted by molar-refractivity contribution is 7.89. The van der Waals surface area contributed by atoms with Crippen molar-refractivity contribution < 1.29 is 18.0 Å². The van der Waals surface area contributed by atoms with Gasteiger partial charge in [-0.15, -0.1) is 0 Å².